The van der Waals surface area contributed by atoms with Crippen LogP contribution in [0.4, 0.5) is 0 Å². The Balaban J connectivity index is 2.11. The van der Waals surface area contributed by atoms with Crippen molar-refractivity contribution in [1.82, 2.24) is 0 Å². The van der Waals surface area contributed by atoms with Gasteiger partial charge in [-0.2, -0.15) is 0 Å². The van der Waals surface area contributed by atoms with E-state index >= 15 is 0 Å². The van der Waals surface area contributed by atoms with Crippen molar-refractivity contribution in [2.75, 3.05) is 0 Å². The number of halogens is 2. The molecule has 2 aromatic carbocycles. The third-order valence-electron chi connectivity index (χ3n) is 2.13. The van der Waals surface area contributed by atoms with Crippen LogP contribution < -0.4 is 4.74 Å². The molecule has 2 aromatic rings. The number of rotatable bonds is 3. The van der Waals surface area contributed by atoms with Crippen LogP contribution in [0.2, 0.25) is 0 Å². The summed E-state index contributed by atoms with van der Waals surface area (Å²) < 4.78 is 5.89. The van der Waals surface area contributed by atoms with Crippen LogP contribution in [0.15, 0.2) is 59.1 Å². The van der Waals surface area contributed by atoms with E-state index in [-0.39, 0.29) is 4.49 Å². The highest BCUT2D eigenvalue weighted by Gasteiger charge is 1.96. The van der Waals surface area contributed by atoms with E-state index in [0.29, 0.717) is 0 Å². The van der Waals surface area contributed by atoms with Gasteiger partial charge < -0.3 is 4.74 Å². The zero-order chi connectivity index (χ0) is 12.1. The number of hydrogen-bond acceptors (Lipinski definition) is 1. The first-order valence-corrected chi connectivity index (χ1v) is 5.85. The molecule has 0 fully saturated rings. The van der Waals surface area contributed by atoms with Crippen molar-refractivity contribution in [2.45, 2.75) is 0 Å². The van der Waals surface area contributed by atoms with Gasteiger partial charge in [0, 0.05) is 0 Å². The Bertz CT molecular complexity index is 500. The number of hydrogen-bond donors (Lipinski definition) is 0. The summed E-state index contributed by atoms with van der Waals surface area (Å²) in [6.07, 6.45) is 1.68. The van der Waals surface area contributed by atoms with Gasteiger partial charge in [-0.3, -0.25) is 0 Å². The highest BCUT2D eigenvalue weighted by molar-refractivity contribution is 6.57. The molecule has 0 aromatic heterocycles. The zero-order valence-electron chi connectivity index (χ0n) is 8.94. The average Bonchev–Trinajstić information content (AvgIpc) is 2.32. The van der Waals surface area contributed by atoms with E-state index in [2.05, 4.69) is 0 Å². The van der Waals surface area contributed by atoms with E-state index in [4.69, 9.17) is 27.9 Å². The molecule has 3 heteroatoms. The first kappa shape index (κ1) is 12.0. The minimum Gasteiger partial charge on any atom is -0.457 e. The molecule has 0 aliphatic rings. The van der Waals surface area contributed by atoms with E-state index in [1.807, 2.05) is 54.6 Å². The standard InChI is InChI=1S/C14H10Cl2O/c15-14(16)10-11-6-8-13(9-7-11)17-12-4-2-1-3-5-12/h1-10H. The fourth-order valence-electron chi connectivity index (χ4n) is 1.38. The first-order valence-electron chi connectivity index (χ1n) is 5.10. The Labute approximate surface area is 110 Å². The summed E-state index contributed by atoms with van der Waals surface area (Å²) in [5.41, 5.74) is 0.936. The molecule has 0 amide bonds. The van der Waals surface area contributed by atoms with Crippen molar-refractivity contribution in [1.29, 1.82) is 0 Å². The van der Waals surface area contributed by atoms with Gasteiger partial charge in [-0.1, -0.05) is 53.5 Å². The molecule has 86 valence electrons. The van der Waals surface area contributed by atoms with E-state index < -0.39 is 0 Å². The number of benzene rings is 2. The Morgan fingerprint density at radius 1 is 0.824 bits per heavy atom. The molecule has 0 saturated carbocycles. The van der Waals surface area contributed by atoms with E-state index in [1.54, 1.807) is 6.08 Å². The van der Waals surface area contributed by atoms with Gasteiger partial charge in [-0.25, -0.2) is 0 Å². The number of ether oxygens (including phenoxy) is 1. The van der Waals surface area contributed by atoms with E-state index in [1.165, 1.54) is 0 Å². The minimum absolute atomic E-state index is 0.238. The number of para-hydroxylation sites is 1. The smallest absolute Gasteiger partial charge is 0.127 e. The Morgan fingerprint density at radius 2 is 1.41 bits per heavy atom. The second-order valence-electron chi connectivity index (χ2n) is 3.42. The quantitative estimate of drug-likeness (QED) is 0.735. The Morgan fingerprint density at radius 3 is 2.00 bits per heavy atom. The molecule has 1 nitrogen and oxygen atoms in total. The molecule has 0 N–H and O–H groups in total. The van der Waals surface area contributed by atoms with E-state index in [9.17, 15) is 0 Å². The van der Waals surface area contributed by atoms with Crippen LogP contribution in [0, 0.1) is 0 Å². The van der Waals surface area contributed by atoms with Crippen LogP contribution in [-0.4, -0.2) is 0 Å². The molecule has 0 spiro atoms. The van der Waals surface area contributed by atoms with Gasteiger partial charge in [0.25, 0.3) is 0 Å². The molecule has 0 saturated heterocycles. The van der Waals surface area contributed by atoms with Gasteiger partial charge in [0.15, 0.2) is 0 Å². The lowest BCUT2D eigenvalue weighted by Gasteiger charge is -2.05. The van der Waals surface area contributed by atoms with Crippen LogP contribution in [0.3, 0.4) is 0 Å². The van der Waals surface area contributed by atoms with Crippen LogP contribution in [0.1, 0.15) is 5.56 Å². The molecule has 0 atom stereocenters. The monoisotopic (exact) mass is 264 g/mol. The molecule has 0 unspecified atom stereocenters. The van der Waals surface area contributed by atoms with Crippen molar-refractivity contribution >= 4 is 29.3 Å². The SMILES string of the molecule is ClC(Cl)=Cc1ccc(Oc2ccccc2)cc1. The molecule has 0 bridgehead atoms. The predicted octanol–water partition coefficient (Wildman–Crippen LogP) is 5.25. The van der Waals surface area contributed by atoms with Crippen molar-refractivity contribution in [2.24, 2.45) is 0 Å². The highest BCUT2D eigenvalue weighted by atomic mass is 35.5. The fraction of sp³-hybridized carbons (Fsp3) is 0. The predicted molar refractivity (Wildman–Crippen MR) is 72.6 cm³/mol. The highest BCUT2D eigenvalue weighted by Crippen LogP contribution is 2.22. The first-order chi connectivity index (χ1) is 8.24. The molecule has 0 aliphatic carbocycles. The van der Waals surface area contributed by atoms with Crippen molar-refractivity contribution < 1.29 is 4.74 Å². The van der Waals surface area contributed by atoms with Gasteiger partial charge in [0.2, 0.25) is 0 Å². The third kappa shape index (κ3) is 3.81. The van der Waals surface area contributed by atoms with Crippen LogP contribution >= 0.6 is 23.2 Å². The zero-order valence-corrected chi connectivity index (χ0v) is 10.4. The van der Waals surface area contributed by atoms with Crippen molar-refractivity contribution in [3.63, 3.8) is 0 Å². The normalized spacial score (nSPS) is 9.76. The van der Waals surface area contributed by atoms with Crippen LogP contribution in [-0.2, 0) is 0 Å². The molecular weight excluding hydrogens is 255 g/mol. The molecule has 2 rings (SSSR count). The summed E-state index contributed by atoms with van der Waals surface area (Å²) in [5, 5.41) is 0. The molecule has 0 aliphatic heterocycles. The summed E-state index contributed by atoms with van der Waals surface area (Å²) in [6.45, 7) is 0. The molecule has 17 heavy (non-hydrogen) atoms. The maximum atomic E-state index is 5.65. The van der Waals surface area contributed by atoms with Crippen LogP contribution in [0.25, 0.3) is 6.08 Å². The minimum atomic E-state index is 0.238. The van der Waals surface area contributed by atoms with Crippen molar-refractivity contribution in [3.8, 4) is 11.5 Å². The fourth-order valence-corrected chi connectivity index (χ4v) is 1.63. The van der Waals surface area contributed by atoms with Gasteiger partial charge in [0.05, 0.1) is 0 Å². The topological polar surface area (TPSA) is 9.23 Å². The largest absolute Gasteiger partial charge is 0.457 e. The summed E-state index contributed by atoms with van der Waals surface area (Å²) in [7, 11) is 0. The second kappa shape index (κ2) is 5.76. The summed E-state index contributed by atoms with van der Waals surface area (Å²) in [6, 6.07) is 17.1. The van der Waals surface area contributed by atoms with Crippen LogP contribution in [0.5, 0.6) is 11.5 Å². The van der Waals surface area contributed by atoms with Gasteiger partial charge in [0.1, 0.15) is 16.0 Å². The van der Waals surface area contributed by atoms with Gasteiger partial charge in [-0.05, 0) is 35.9 Å². The second-order valence-corrected chi connectivity index (χ2v) is 4.43. The molecule has 0 heterocycles. The van der Waals surface area contributed by atoms with E-state index in [0.717, 1.165) is 17.1 Å². The lowest BCUT2D eigenvalue weighted by molar-refractivity contribution is 0.482. The molecular formula is C14H10Cl2O. The average molecular weight is 265 g/mol. The summed E-state index contributed by atoms with van der Waals surface area (Å²) in [5.74, 6) is 1.59. The Hall–Kier alpha value is -1.44. The maximum absolute atomic E-state index is 5.65. The van der Waals surface area contributed by atoms with Gasteiger partial charge in [-0.15, -0.1) is 0 Å². The molecule has 0 radical (unpaired) electrons. The summed E-state index contributed by atoms with van der Waals surface area (Å²) in [4.78, 5) is 0. The lowest BCUT2D eigenvalue weighted by Crippen LogP contribution is -1.83. The van der Waals surface area contributed by atoms with Crippen molar-refractivity contribution in [3.05, 3.63) is 64.7 Å². The van der Waals surface area contributed by atoms with Gasteiger partial charge >= 0.3 is 0 Å². The Kier molecular flexibility index (Phi) is 4.08. The maximum Gasteiger partial charge on any atom is 0.127 e. The lowest BCUT2D eigenvalue weighted by atomic mass is 10.2. The third-order valence-corrected chi connectivity index (χ3v) is 2.35. The summed E-state index contributed by atoms with van der Waals surface area (Å²) >= 11 is 11.2.